The van der Waals surface area contributed by atoms with Crippen molar-refractivity contribution in [3.05, 3.63) is 45.8 Å². The predicted molar refractivity (Wildman–Crippen MR) is 48.0 cm³/mol. The van der Waals surface area contributed by atoms with E-state index in [4.69, 9.17) is 10.3 Å². The summed E-state index contributed by atoms with van der Waals surface area (Å²) >= 11 is 0. The van der Waals surface area contributed by atoms with Gasteiger partial charge in [-0.15, -0.1) is 0 Å². The monoisotopic (exact) mass is 175 g/mol. The van der Waals surface area contributed by atoms with E-state index in [0.29, 0.717) is 13.2 Å². The van der Waals surface area contributed by atoms with E-state index in [1.54, 1.807) is 0 Å². The fraction of sp³-hybridized carbons (Fsp3) is 0.333. The SMILES string of the molecule is [N-]=[N+]=N[C@@H]1COCc2ccccc21. The summed E-state index contributed by atoms with van der Waals surface area (Å²) in [5.41, 5.74) is 10.6. The normalized spacial score (nSPS) is 20.2. The molecule has 0 aromatic heterocycles. The third kappa shape index (κ3) is 1.49. The van der Waals surface area contributed by atoms with E-state index < -0.39 is 0 Å². The van der Waals surface area contributed by atoms with E-state index in [0.717, 1.165) is 11.1 Å². The van der Waals surface area contributed by atoms with Gasteiger partial charge in [-0.1, -0.05) is 29.4 Å². The van der Waals surface area contributed by atoms with Gasteiger partial charge in [-0.05, 0) is 16.7 Å². The quantitative estimate of drug-likeness (QED) is 0.367. The number of hydrogen-bond donors (Lipinski definition) is 0. The number of fused-ring (bicyclic) bond motifs is 1. The van der Waals surface area contributed by atoms with Crippen LogP contribution in [0, 0.1) is 0 Å². The first-order valence-corrected chi connectivity index (χ1v) is 4.11. The zero-order chi connectivity index (χ0) is 9.10. The lowest BCUT2D eigenvalue weighted by Crippen LogP contribution is -2.14. The highest BCUT2D eigenvalue weighted by Gasteiger charge is 2.18. The summed E-state index contributed by atoms with van der Waals surface area (Å²) < 4.78 is 5.30. The van der Waals surface area contributed by atoms with Crippen LogP contribution >= 0.6 is 0 Å². The van der Waals surface area contributed by atoms with Crippen molar-refractivity contribution < 1.29 is 4.74 Å². The molecule has 0 saturated carbocycles. The molecule has 0 bridgehead atoms. The summed E-state index contributed by atoms with van der Waals surface area (Å²) in [6, 6.07) is 7.73. The summed E-state index contributed by atoms with van der Waals surface area (Å²) in [5, 5.41) is 3.68. The third-order valence-electron chi connectivity index (χ3n) is 2.14. The number of nitrogens with zero attached hydrogens (tertiary/aromatic N) is 3. The maximum absolute atomic E-state index is 8.35. The van der Waals surface area contributed by atoms with Crippen LogP contribution in [-0.2, 0) is 11.3 Å². The molecule has 0 fully saturated rings. The van der Waals surface area contributed by atoms with Crippen LogP contribution in [0.1, 0.15) is 17.2 Å². The Labute approximate surface area is 75.8 Å². The third-order valence-corrected chi connectivity index (χ3v) is 2.14. The summed E-state index contributed by atoms with van der Waals surface area (Å²) in [5.74, 6) is 0. The molecule has 13 heavy (non-hydrogen) atoms. The average molecular weight is 175 g/mol. The molecule has 0 N–H and O–H groups in total. The molecule has 1 aliphatic heterocycles. The topological polar surface area (TPSA) is 58.0 Å². The van der Waals surface area contributed by atoms with E-state index in [-0.39, 0.29) is 6.04 Å². The second kappa shape index (κ2) is 3.47. The van der Waals surface area contributed by atoms with Crippen LogP contribution in [0.5, 0.6) is 0 Å². The molecule has 66 valence electrons. The molecule has 4 heteroatoms. The van der Waals surface area contributed by atoms with E-state index in [1.807, 2.05) is 24.3 Å². The maximum atomic E-state index is 8.35. The molecule has 0 radical (unpaired) electrons. The standard InChI is InChI=1S/C9H9N3O/c10-12-11-9-6-13-5-7-3-1-2-4-8(7)9/h1-4,9H,5-6H2/t9-/m1/s1. The average Bonchev–Trinajstić information content (AvgIpc) is 2.19. The van der Waals surface area contributed by atoms with Gasteiger partial charge in [-0.2, -0.15) is 0 Å². The number of hydrogen-bond acceptors (Lipinski definition) is 2. The Balaban J connectivity index is 2.42. The number of azide groups is 1. The Bertz CT molecular complexity index is 358. The minimum Gasteiger partial charge on any atom is -0.376 e. The first kappa shape index (κ1) is 8.10. The van der Waals surface area contributed by atoms with Crippen molar-refractivity contribution in [3.63, 3.8) is 0 Å². The van der Waals surface area contributed by atoms with Crippen LogP contribution in [0.15, 0.2) is 29.4 Å². The highest BCUT2D eigenvalue weighted by atomic mass is 16.5. The molecule has 0 spiro atoms. The van der Waals surface area contributed by atoms with Crippen molar-refractivity contribution in [3.8, 4) is 0 Å². The lowest BCUT2D eigenvalue weighted by atomic mass is 10.00. The van der Waals surface area contributed by atoms with Crippen LogP contribution in [-0.4, -0.2) is 6.61 Å². The van der Waals surface area contributed by atoms with Gasteiger partial charge in [0.05, 0.1) is 19.3 Å². The summed E-state index contributed by atoms with van der Waals surface area (Å²) in [6.45, 7) is 1.11. The van der Waals surface area contributed by atoms with Gasteiger partial charge < -0.3 is 4.74 Å². The van der Waals surface area contributed by atoms with Gasteiger partial charge in [0.15, 0.2) is 0 Å². The number of rotatable bonds is 1. The van der Waals surface area contributed by atoms with Crippen LogP contribution < -0.4 is 0 Å². The molecule has 4 nitrogen and oxygen atoms in total. The summed E-state index contributed by atoms with van der Waals surface area (Å²) in [7, 11) is 0. The van der Waals surface area contributed by atoms with E-state index >= 15 is 0 Å². The summed E-state index contributed by atoms with van der Waals surface area (Å²) in [4.78, 5) is 2.80. The van der Waals surface area contributed by atoms with Gasteiger partial charge in [0, 0.05) is 4.91 Å². The van der Waals surface area contributed by atoms with Crippen LogP contribution in [0.4, 0.5) is 0 Å². The smallest absolute Gasteiger partial charge is 0.0862 e. The molecular weight excluding hydrogens is 166 g/mol. The van der Waals surface area contributed by atoms with Gasteiger partial charge >= 0.3 is 0 Å². The molecule has 1 aliphatic rings. The largest absolute Gasteiger partial charge is 0.376 e. The molecule has 0 aliphatic carbocycles. The molecule has 0 amide bonds. The van der Waals surface area contributed by atoms with Crippen molar-refractivity contribution in [2.45, 2.75) is 12.6 Å². The Hall–Kier alpha value is -1.51. The highest BCUT2D eigenvalue weighted by molar-refractivity contribution is 5.31. The molecule has 2 rings (SSSR count). The second-order valence-electron chi connectivity index (χ2n) is 2.93. The minimum atomic E-state index is -0.157. The highest BCUT2D eigenvalue weighted by Crippen LogP contribution is 2.27. The zero-order valence-electron chi connectivity index (χ0n) is 7.05. The van der Waals surface area contributed by atoms with E-state index in [9.17, 15) is 0 Å². The first-order chi connectivity index (χ1) is 6.42. The van der Waals surface area contributed by atoms with Crippen molar-refractivity contribution in [2.24, 2.45) is 5.11 Å². The van der Waals surface area contributed by atoms with Gasteiger partial charge in [-0.25, -0.2) is 0 Å². The molecule has 0 unspecified atom stereocenters. The lowest BCUT2D eigenvalue weighted by Gasteiger charge is -2.21. The Morgan fingerprint density at radius 2 is 2.31 bits per heavy atom. The fourth-order valence-corrected chi connectivity index (χ4v) is 1.52. The van der Waals surface area contributed by atoms with Crippen LogP contribution in [0.3, 0.4) is 0 Å². The first-order valence-electron chi connectivity index (χ1n) is 4.11. The molecule has 1 aromatic carbocycles. The van der Waals surface area contributed by atoms with Gasteiger partial charge in [0.25, 0.3) is 0 Å². The maximum Gasteiger partial charge on any atom is 0.0862 e. The molecule has 0 saturated heterocycles. The number of ether oxygens (including phenoxy) is 1. The zero-order valence-corrected chi connectivity index (χ0v) is 7.05. The van der Waals surface area contributed by atoms with Gasteiger partial charge in [0.2, 0.25) is 0 Å². The summed E-state index contributed by atoms with van der Waals surface area (Å²) in [6.07, 6.45) is 0. The molecular formula is C9H9N3O. The van der Waals surface area contributed by atoms with Crippen molar-refractivity contribution in [1.82, 2.24) is 0 Å². The molecule has 1 heterocycles. The Morgan fingerprint density at radius 3 is 3.15 bits per heavy atom. The van der Waals surface area contributed by atoms with Crippen molar-refractivity contribution in [2.75, 3.05) is 6.61 Å². The Morgan fingerprint density at radius 1 is 1.46 bits per heavy atom. The second-order valence-corrected chi connectivity index (χ2v) is 2.93. The number of benzene rings is 1. The fourth-order valence-electron chi connectivity index (χ4n) is 1.52. The predicted octanol–water partition coefficient (Wildman–Crippen LogP) is 2.57. The van der Waals surface area contributed by atoms with Crippen LogP contribution in [0.25, 0.3) is 10.4 Å². The molecule has 1 atom stereocenters. The van der Waals surface area contributed by atoms with E-state index in [1.165, 1.54) is 0 Å². The van der Waals surface area contributed by atoms with E-state index in [2.05, 4.69) is 10.0 Å². The lowest BCUT2D eigenvalue weighted by molar-refractivity contribution is 0.0925. The van der Waals surface area contributed by atoms with Crippen LogP contribution in [0.2, 0.25) is 0 Å². The van der Waals surface area contributed by atoms with Crippen molar-refractivity contribution in [1.29, 1.82) is 0 Å². The minimum absolute atomic E-state index is 0.157. The van der Waals surface area contributed by atoms with Crippen molar-refractivity contribution >= 4 is 0 Å². The van der Waals surface area contributed by atoms with Gasteiger partial charge in [-0.3, -0.25) is 0 Å². The Kier molecular flexibility index (Phi) is 2.17. The molecule has 1 aromatic rings. The van der Waals surface area contributed by atoms with Gasteiger partial charge in [0.1, 0.15) is 0 Å².